The van der Waals surface area contributed by atoms with E-state index >= 15 is 4.39 Å². The Balaban J connectivity index is 1.41. The fourth-order valence-corrected chi connectivity index (χ4v) is 6.81. The molecule has 1 saturated carbocycles. The van der Waals surface area contributed by atoms with Gasteiger partial charge in [0.15, 0.2) is 11.5 Å². The molecule has 4 aliphatic rings. The van der Waals surface area contributed by atoms with Crippen molar-refractivity contribution < 1.29 is 18.7 Å². The van der Waals surface area contributed by atoms with Gasteiger partial charge >= 0.3 is 0 Å². The summed E-state index contributed by atoms with van der Waals surface area (Å²) in [6, 6.07) is 14.1. The van der Waals surface area contributed by atoms with Crippen LogP contribution >= 0.6 is 0 Å². The standard InChI is InChI=1S/C25H26FNO3/c1-29-20-10-7-16-14-19-17-8-9-18(26)24-25(17,22(16)23(20)30-24)11-12-27(19)21(28)13-15-5-3-2-4-6-15/h2-7,10,17-19,24H,8-9,11-14H2,1H3/t17?,18?,19-,24+,25+/m0/s1. The van der Waals surface area contributed by atoms with Crippen molar-refractivity contribution in [3.05, 3.63) is 59.2 Å². The van der Waals surface area contributed by atoms with Crippen LogP contribution in [0.2, 0.25) is 0 Å². The Bertz CT molecular complexity index is 1010. The molecule has 5 heteroatoms. The van der Waals surface area contributed by atoms with Crippen molar-refractivity contribution in [1.82, 2.24) is 4.90 Å². The van der Waals surface area contributed by atoms with Gasteiger partial charge in [-0.2, -0.15) is 0 Å². The Morgan fingerprint density at radius 2 is 2.07 bits per heavy atom. The molecule has 5 atom stereocenters. The lowest BCUT2D eigenvalue weighted by Crippen LogP contribution is -2.67. The number of alkyl halides is 1. The van der Waals surface area contributed by atoms with Crippen LogP contribution in [0.4, 0.5) is 4.39 Å². The summed E-state index contributed by atoms with van der Waals surface area (Å²) in [6.45, 7) is 0.662. The van der Waals surface area contributed by atoms with E-state index in [4.69, 9.17) is 9.47 Å². The molecule has 2 fully saturated rings. The van der Waals surface area contributed by atoms with Gasteiger partial charge in [-0.25, -0.2) is 4.39 Å². The maximum atomic E-state index is 15.1. The van der Waals surface area contributed by atoms with Crippen molar-refractivity contribution in [2.45, 2.75) is 55.8 Å². The highest BCUT2D eigenvalue weighted by molar-refractivity contribution is 5.80. The second-order valence-corrected chi connectivity index (χ2v) is 9.18. The maximum absolute atomic E-state index is 15.1. The number of piperidine rings is 1. The molecule has 6 rings (SSSR count). The molecular formula is C25H26FNO3. The number of amides is 1. The van der Waals surface area contributed by atoms with Gasteiger partial charge in [-0.15, -0.1) is 0 Å². The number of methoxy groups -OCH3 is 1. The summed E-state index contributed by atoms with van der Waals surface area (Å²) in [5, 5.41) is 0. The third kappa shape index (κ3) is 2.29. The summed E-state index contributed by atoms with van der Waals surface area (Å²) in [7, 11) is 1.64. The van der Waals surface area contributed by atoms with Gasteiger partial charge in [0.05, 0.1) is 13.5 Å². The number of ether oxygens (including phenoxy) is 2. The summed E-state index contributed by atoms with van der Waals surface area (Å²) < 4.78 is 27.0. The summed E-state index contributed by atoms with van der Waals surface area (Å²) in [6.07, 6.45) is 1.85. The fourth-order valence-electron chi connectivity index (χ4n) is 6.81. The number of benzene rings is 2. The van der Waals surface area contributed by atoms with Gasteiger partial charge in [0.1, 0.15) is 12.3 Å². The largest absolute Gasteiger partial charge is 0.493 e. The van der Waals surface area contributed by atoms with Crippen LogP contribution in [0.3, 0.4) is 0 Å². The average Bonchev–Trinajstić information content (AvgIpc) is 3.10. The number of rotatable bonds is 3. The molecule has 0 N–H and O–H groups in total. The lowest BCUT2D eigenvalue weighted by Gasteiger charge is -2.58. The first kappa shape index (κ1) is 18.2. The van der Waals surface area contributed by atoms with E-state index in [1.54, 1.807) is 7.11 Å². The highest BCUT2D eigenvalue weighted by atomic mass is 19.1. The molecule has 1 saturated heterocycles. The van der Waals surface area contributed by atoms with Gasteiger partial charge in [0.25, 0.3) is 0 Å². The molecule has 1 spiro atoms. The highest BCUT2D eigenvalue weighted by Crippen LogP contribution is 2.64. The topological polar surface area (TPSA) is 38.8 Å². The van der Waals surface area contributed by atoms with Crippen LogP contribution in [0, 0.1) is 5.92 Å². The summed E-state index contributed by atoms with van der Waals surface area (Å²) in [5.41, 5.74) is 3.08. The second kappa shape index (κ2) is 6.47. The van der Waals surface area contributed by atoms with Crippen molar-refractivity contribution in [3.8, 4) is 11.5 Å². The van der Waals surface area contributed by atoms with E-state index < -0.39 is 12.3 Å². The van der Waals surface area contributed by atoms with Crippen molar-refractivity contribution in [2.24, 2.45) is 5.92 Å². The zero-order valence-electron chi connectivity index (χ0n) is 17.1. The number of halogens is 1. The first-order valence-corrected chi connectivity index (χ1v) is 11.0. The zero-order valence-corrected chi connectivity index (χ0v) is 17.1. The molecule has 2 heterocycles. The van der Waals surface area contributed by atoms with E-state index in [-0.39, 0.29) is 23.3 Å². The third-order valence-electron chi connectivity index (χ3n) is 7.97. The van der Waals surface area contributed by atoms with Crippen molar-refractivity contribution in [1.29, 1.82) is 0 Å². The monoisotopic (exact) mass is 407 g/mol. The summed E-state index contributed by atoms with van der Waals surface area (Å²) >= 11 is 0. The molecule has 156 valence electrons. The number of carbonyl (C=O) groups excluding carboxylic acids is 1. The quantitative estimate of drug-likeness (QED) is 0.776. The minimum absolute atomic E-state index is 0.111. The molecule has 2 aliphatic carbocycles. The third-order valence-corrected chi connectivity index (χ3v) is 7.97. The first-order chi connectivity index (χ1) is 14.6. The predicted octanol–water partition coefficient (Wildman–Crippen LogP) is 3.84. The number of hydrogen-bond donors (Lipinski definition) is 0. The molecular weight excluding hydrogens is 381 g/mol. The van der Waals surface area contributed by atoms with Crippen molar-refractivity contribution in [3.63, 3.8) is 0 Å². The fraction of sp³-hybridized carbons (Fsp3) is 0.480. The van der Waals surface area contributed by atoms with Crippen LogP contribution in [0.15, 0.2) is 42.5 Å². The second-order valence-electron chi connectivity index (χ2n) is 9.18. The van der Waals surface area contributed by atoms with E-state index in [1.165, 1.54) is 11.1 Å². The smallest absolute Gasteiger partial charge is 0.227 e. The summed E-state index contributed by atoms with van der Waals surface area (Å²) in [4.78, 5) is 15.4. The molecule has 2 aromatic carbocycles. The van der Waals surface area contributed by atoms with Crippen LogP contribution in [-0.4, -0.2) is 42.8 Å². The number of carbonyl (C=O) groups is 1. The minimum atomic E-state index is -0.975. The number of nitrogens with zero attached hydrogens (tertiary/aromatic N) is 1. The SMILES string of the molecule is COc1ccc2c3c1O[C@@H]1C(F)CCC4[C@H](C2)N(C(=O)Cc2ccccc2)CC[C@]341. The summed E-state index contributed by atoms with van der Waals surface area (Å²) in [5.74, 6) is 1.86. The first-order valence-electron chi connectivity index (χ1n) is 11.0. The molecule has 2 unspecified atom stereocenters. The average molecular weight is 407 g/mol. The lowest BCUT2D eigenvalue weighted by atomic mass is 9.51. The Hall–Kier alpha value is -2.56. The van der Waals surface area contributed by atoms with Gasteiger partial charge < -0.3 is 14.4 Å². The Morgan fingerprint density at radius 3 is 2.87 bits per heavy atom. The van der Waals surface area contributed by atoms with E-state index in [2.05, 4.69) is 11.0 Å². The maximum Gasteiger partial charge on any atom is 0.227 e. The van der Waals surface area contributed by atoms with E-state index in [9.17, 15) is 4.79 Å². The molecule has 4 nitrogen and oxygen atoms in total. The van der Waals surface area contributed by atoms with E-state index in [1.807, 2.05) is 36.4 Å². The number of hydrogen-bond acceptors (Lipinski definition) is 3. The molecule has 0 radical (unpaired) electrons. The van der Waals surface area contributed by atoms with Crippen LogP contribution < -0.4 is 9.47 Å². The van der Waals surface area contributed by atoms with Gasteiger partial charge in [0.2, 0.25) is 5.91 Å². The van der Waals surface area contributed by atoms with Gasteiger partial charge in [-0.1, -0.05) is 36.4 Å². The van der Waals surface area contributed by atoms with Crippen LogP contribution in [0.5, 0.6) is 11.5 Å². The molecule has 2 aromatic rings. The van der Waals surface area contributed by atoms with Crippen LogP contribution in [-0.2, 0) is 23.1 Å². The van der Waals surface area contributed by atoms with Crippen LogP contribution in [0.25, 0.3) is 0 Å². The normalized spacial score (nSPS) is 32.9. The minimum Gasteiger partial charge on any atom is -0.493 e. The molecule has 30 heavy (non-hydrogen) atoms. The molecule has 2 bridgehead atoms. The molecule has 1 amide bonds. The Labute approximate surface area is 176 Å². The van der Waals surface area contributed by atoms with E-state index in [0.717, 1.165) is 30.6 Å². The van der Waals surface area contributed by atoms with E-state index in [0.29, 0.717) is 25.1 Å². The van der Waals surface area contributed by atoms with Gasteiger partial charge in [-0.3, -0.25) is 4.79 Å². The Kier molecular flexibility index (Phi) is 3.93. The van der Waals surface area contributed by atoms with Crippen LogP contribution in [0.1, 0.15) is 36.0 Å². The highest BCUT2D eigenvalue weighted by Gasteiger charge is 2.66. The van der Waals surface area contributed by atoms with Gasteiger partial charge in [0, 0.05) is 23.6 Å². The lowest BCUT2D eigenvalue weighted by molar-refractivity contribution is -0.144. The number of likely N-dealkylation sites (tertiary alicyclic amines) is 1. The zero-order chi connectivity index (χ0) is 20.5. The van der Waals surface area contributed by atoms with Crippen molar-refractivity contribution in [2.75, 3.05) is 13.7 Å². The Morgan fingerprint density at radius 1 is 1.23 bits per heavy atom. The van der Waals surface area contributed by atoms with Crippen molar-refractivity contribution >= 4 is 5.91 Å². The molecule has 0 aromatic heterocycles. The predicted molar refractivity (Wildman–Crippen MR) is 111 cm³/mol. The molecule has 2 aliphatic heterocycles. The van der Waals surface area contributed by atoms with Gasteiger partial charge in [-0.05, 0) is 48.8 Å².